The highest BCUT2D eigenvalue weighted by molar-refractivity contribution is 4.60. The molecule has 0 bridgehead atoms. The zero-order valence-electron chi connectivity index (χ0n) is 8.21. The molecule has 0 aromatic carbocycles. The smallest absolute Gasteiger partial charge is 0.147 e. The van der Waals surface area contributed by atoms with Crippen LogP contribution in [0.2, 0.25) is 0 Å². The van der Waals surface area contributed by atoms with E-state index in [4.69, 9.17) is 9.47 Å². The lowest BCUT2D eigenvalue weighted by Gasteiger charge is -2.07. The van der Waals surface area contributed by atoms with Crippen molar-refractivity contribution in [3.05, 3.63) is 0 Å². The minimum atomic E-state index is 0.386. The number of hydrogen-bond acceptors (Lipinski definition) is 2. The normalized spacial score (nSPS) is 23.8. The van der Waals surface area contributed by atoms with Gasteiger partial charge in [-0.3, -0.25) is 0 Å². The fourth-order valence-electron chi connectivity index (χ4n) is 1.46. The van der Waals surface area contributed by atoms with Crippen LogP contribution in [-0.4, -0.2) is 19.5 Å². The van der Waals surface area contributed by atoms with Gasteiger partial charge in [0.1, 0.15) is 6.79 Å². The lowest BCUT2D eigenvalue weighted by atomic mass is 10.0. The van der Waals surface area contributed by atoms with Gasteiger partial charge in [0.15, 0.2) is 0 Å². The van der Waals surface area contributed by atoms with Crippen molar-refractivity contribution in [1.82, 2.24) is 0 Å². The minimum absolute atomic E-state index is 0.386. The average molecular weight is 172 g/mol. The van der Waals surface area contributed by atoms with Gasteiger partial charge in [-0.15, -0.1) is 0 Å². The van der Waals surface area contributed by atoms with Gasteiger partial charge in [-0.1, -0.05) is 33.1 Å². The van der Waals surface area contributed by atoms with E-state index in [0.29, 0.717) is 12.9 Å². The molecule has 1 unspecified atom stereocenters. The molecular weight excluding hydrogens is 152 g/mol. The molecule has 0 radical (unpaired) electrons. The maximum absolute atomic E-state index is 5.34. The second-order valence-corrected chi connectivity index (χ2v) is 3.96. The zero-order chi connectivity index (χ0) is 8.81. The average Bonchev–Trinajstić information content (AvgIpc) is 2.49. The van der Waals surface area contributed by atoms with Crippen molar-refractivity contribution in [2.24, 2.45) is 5.92 Å². The first-order valence-electron chi connectivity index (χ1n) is 4.98. The lowest BCUT2D eigenvalue weighted by molar-refractivity contribution is 0.0439. The predicted molar refractivity (Wildman–Crippen MR) is 49.0 cm³/mol. The van der Waals surface area contributed by atoms with Gasteiger partial charge in [0, 0.05) is 0 Å². The standard InChI is InChI=1S/C10H20O2/c1-9(2)5-3-4-6-10-7-11-8-12-10/h9-10H,3-8H2,1-2H3. The molecule has 0 aliphatic carbocycles. The third kappa shape index (κ3) is 4.07. The summed E-state index contributed by atoms with van der Waals surface area (Å²) in [5.74, 6) is 0.839. The van der Waals surface area contributed by atoms with Crippen LogP contribution in [0.1, 0.15) is 39.5 Å². The molecule has 12 heavy (non-hydrogen) atoms. The molecule has 0 aromatic heterocycles. The van der Waals surface area contributed by atoms with E-state index in [1.807, 2.05) is 0 Å². The van der Waals surface area contributed by atoms with Crippen LogP contribution in [0.25, 0.3) is 0 Å². The Labute approximate surface area is 75.2 Å². The van der Waals surface area contributed by atoms with E-state index in [2.05, 4.69) is 13.8 Å². The van der Waals surface area contributed by atoms with Gasteiger partial charge in [-0.05, 0) is 12.3 Å². The summed E-state index contributed by atoms with van der Waals surface area (Å²) >= 11 is 0. The topological polar surface area (TPSA) is 18.5 Å². The molecule has 0 spiro atoms. The monoisotopic (exact) mass is 172 g/mol. The predicted octanol–water partition coefficient (Wildman–Crippen LogP) is 2.58. The summed E-state index contributed by atoms with van der Waals surface area (Å²) in [6.45, 7) is 5.86. The number of hydrogen-bond donors (Lipinski definition) is 0. The Hall–Kier alpha value is -0.0800. The van der Waals surface area contributed by atoms with E-state index in [-0.39, 0.29) is 0 Å². The molecule has 1 heterocycles. The Bertz CT molecular complexity index is 106. The maximum Gasteiger partial charge on any atom is 0.147 e. The highest BCUT2D eigenvalue weighted by atomic mass is 16.7. The van der Waals surface area contributed by atoms with Crippen molar-refractivity contribution in [2.75, 3.05) is 13.4 Å². The van der Waals surface area contributed by atoms with Crippen molar-refractivity contribution in [3.8, 4) is 0 Å². The highest BCUT2D eigenvalue weighted by Gasteiger charge is 2.14. The molecule has 1 saturated heterocycles. The molecule has 72 valence electrons. The molecule has 1 aliphatic rings. The van der Waals surface area contributed by atoms with Crippen LogP contribution in [0.5, 0.6) is 0 Å². The molecule has 2 heteroatoms. The maximum atomic E-state index is 5.34. The van der Waals surface area contributed by atoms with Crippen LogP contribution in [0.4, 0.5) is 0 Å². The van der Waals surface area contributed by atoms with E-state index in [9.17, 15) is 0 Å². The summed E-state index contributed by atoms with van der Waals surface area (Å²) in [6.07, 6.45) is 5.52. The molecule has 1 rings (SSSR count). The summed E-state index contributed by atoms with van der Waals surface area (Å²) in [6, 6.07) is 0. The van der Waals surface area contributed by atoms with Gasteiger partial charge in [0.05, 0.1) is 12.7 Å². The van der Waals surface area contributed by atoms with E-state index in [0.717, 1.165) is 12.5 Å². The summed E-state index contributed by atoms with van der Waals surface area (Å²) in [7, 11) is 0. The molecule has 2 nitrogen and oxygen atoms in total. The van der Waals surface area contributed by atoms with Crippen molar-refractivity contribution in [1.29, 1.82) is 0 Å². The molecule has 1 aliphatic heterocycles. The van der Waals surface area contributed by atoms with Gasteiger partial charge in [0.25, 0.3) is 0 Å². The first kappa shape index (κ1) is 10.0. The Kier molecular flexibility index (Phi) is 4.62. The van der Waals surface area contributed by atoms with Gasteiger partial charge < -0.3 is 9.47 Å². The minimum Gasteiger partial charge on any atom is -0.353 e. The highest BCUT2D eigenvalue weighted by Crippen LogP contribution is 2.14. The zero-order valence-corrected chi connectivity index (χ0v) is 8.21. The molecule has 0 saturated carbocycles. The molecule has 0 aromatic rings. The fraction of sp³-hybridized carbons (Fsp3) is 1.00. The lowest BCUT2D eigenvalue weighted by Crippen LogP contribution is -2.08. The SMILES string of the molecule is CC(C)CCCCC1COCO1. The summed E-state index contributed by atoms with van der Waals surface area (Å²) in [4.78, 5) is 0. The number of ether oxygens (including phenoxy) is 2. The van der Waals surface area contributed by atoms with Crippen molar-refractivity contribution in [3.63, 3.8) is 0 Å². The molecular formula is C10H20O2. The first-order valence-corrected chi connectivity index (χ1v) is 4.98. The fourth-order valence-corrected chi connectivity index (χ4v) is 1.46. The van der Waals surface area contributed by atoms with Crippen LogP contribution in [0.15, 0.2) is 0 Å². The molecule has 0 N–H and O–H groups in total. The van der Waals surface area contributed by atoms with Gasteiger partial charge in [-0.25, -0.2) is 0 Å². The van der Waals surface area contributed by atoms with Crippen molar-refractivity contribution in [2.45, 2.75) is 45.6 Å². The van der Waals surface area contributed by atoms with Gasteiger partial charge >= 0.3 is 0 Å². The largest absolute Gasteiger partial charge is 0.353 e. The van der Waals surface area contributed by atoms with E-state index < -0.39 is 0 Å². The third-order valence-electron chi connectivity index (χ3n) is 2.25. The van der Waals surface area contributed by atoms with Crippen LogP contribution in [-0.2, 0) is 9.47 Å². The van der Waals surface area contributed by atoms with E-state index in [1.165, 1.54) is 25.7 Å². The molecule has 1 atom stereocenters. The summed E-state index contributed by atoms with van der Waals surface area (Å²) < 4.78 is 10.5. The van der Waals surface area contributed by atoms with E-state index in [1.54, 1.807) is 0 Å². The van der Waals surface area contributed by atoms with E-state index >= 15 is 0 Å². The first-order chi connectivity index (χ1) is 5.79. The number of rotatable bonds is 5. The third-order valence-corrected chi connectivity index (χ3v) is 2.25. The van der Waals surface area contributed by atoms with Crippen LogP contribution in [0, 0.1) is 5.92 Å². The second kappa shape index (κ2) is 5.55. The Morgan fingerprint density at radius 3 is 2.75 bits per heavy atom. The van der Waals surface area contributed by atoms with Crippen LogP contribution >= 0.6 is 0 Å². The second-order valence-electron chi connectivity index (χ2n) is 3.96. The van der Waals surface area contributed by atoms with Gasteiger partial charge in [0.2, 0.25) is 0 Å². The molecule has 0 amide bonds. The molecule has 1 fully saturated rings. The van der Waals surface area contributed by atoms with Crippen molar-refractivity contribution >= 4 is 0 Å². The van der Waals surface area contributed by atoms with Crippen LogP contribution in [0.3, 0.4) is 0 Å². The van der Waals surface area contributed by atoms with Gasteiger partial charge in [-0.2, -0.15) is 0 Å². The van der Waals surface area contributed by atoms with Crippen molar-refractivity contribution < 1.29 is 9.47 Å². The summed E-state index contributed by atoms with van der Waals surface area (Å²) in [5.41, 5.74) is 0. The quantitative estimate of drug-likeness (QED) is 0.593. The van der Waals surface area contributed by atoms with Crippen LogP contribution < -0.4 is 0 Å². The Balaban J connectivity index is 1.88. The Morgan fingerprint density at radius 1 is 1.33 bits per heavy atom. The summed E-state index contributed by atoms with van der Waals surface area (Å²) in [5, 5.41) is 0. The number of unbranched alkanes of at least 4 members (excludes halogenated alkanes) is 1. The Morgan fingerprint density at radius 2 is 2.17 bits per heavy atom.